The van der Waals surface area contributed by atoms with Gasteiger partial charge in [0, 0.05) is 47.6 Å². The lowest BCUT2D eigenvalue weighted by molar-refractivity contribution is -0.114. The first-order valence-electron chi connectivity index (χ1n) is 10.2. The molecule has 0 spiro atoms. The average molecular weight is 422 g/mol. The summed E-state index contributed by atoms with van der Waals surface area (Å²) in [7, 11) is 0. The lowest BCUT2D eigenvalue weighted by atomic mass is 9.90. The fourth-order valence-electron chi connectivity index (χ4n) is 4.06. The minimum Gasteiger partial charge on any atom is -0.326 e. The van der Waals surface area contributed by atoms with E-state index in [2.05, 4.69) is 10.2 Å². The number of ketones is 1. The largest absolute Gasteiger partial charge is 0.326 e. The number of benzene rings is 2. The molecule has 154 valence electrons. The van der Waals surface area contributed by atoms with E-state index < -0.39 is 0 Å². The second-order valence-corrected chi connectivity index (χ2v) is 8.28. The van der Waals surface area contributed by atoms with E-state index in [0.29, 0.717) is 17.1 Å². The maximum Gasteiger partial charge on any atom is 0.221 e. The molecule has 2 aromatic carbocycles. The van der Waals surface area contributed by atoms with Gasteiger partial charge in [-0.2, -0.15) is 0 Å². The topological polar surface area (TPSA) is 62.3 Å². The van der Waals surface area contributed by atoms with Crippen LogP contribution >= 0.6 is 11.6 Å². The number of carbonyl (C=O) groups is 2. The second kappa shape index (κ2) is 8.94. The normalized spacial score (nSPS) is 17.1. The minimum atomic E-state index is -0.0918. The quantitative estimate of drug-likeness (QED) is 0.592. The summed E-state index contributed by atoms with van der Waals surface area (Å²) >= 11 is 6.05. The summed E-state index contributed by atoms with van der Waals surface area (Å²) in [4.78, 5) is 31.2. The minimum absolute atomic E-state index is 0.0158. The Morgan fingerprint density at radius 1 is 1.17 bits per heavy atom. The number of nitrogens with one attached hydrogen (secondary N) is 1. The lowest BCUT2D eigenvalue weighted by Gasteiger charge is -2.31. The molecule has 5 nitrogen and oxygen atoms in total. The van der Waals surface area contributed by atoms with Crippen LogP contribution in [0.25, 0.3) is 10.9 Å². The van der Waals surface area contributed by atoms with Crippen LogP contribution in [0, 0.1) is 5.92 Å². The van der Waals surface area contributed by atoms with Crippen molar-refractivity contribution < 1.29 is 9.59 Å². The van der Waals surface area contributed by atoms with Crippen LogP contribution in [-0.2, 0) is 11.3 Å². The molecule has 30 heavy (non-hydrogen) atoms. The Balaban J connectivity index is 1.45. The lowest BCUT2D eigenvalue weighted by Crippen LogP contribution is -2.38. The standard InChI is InChI=1S/C24H24ClN3O2/c1-16(29)26-21-9-10-23-17(13-21)7-8-22(27-23)15-28-11-3-5-19(14-28)24(30)18-4-2-6-20(25)12-18/h2,4,6-10,12-13,19H,3,5,11,14-15H2,1H3,(H,26,29). The van der Waals surface area contributed by atoms with E-state index >= 15 is 0 Å². The number of halogens is 1. The number of amides is 1. The Kier molecular flexibility index (Phi) is 6.11. The highest BCUT2D eigenvalue weighted by Gasteiger charge is 2.27. The number of hydrogen-bond acceptors (Lipinski definition) is 4. The number of rotatable bonds is 5. The number of nitrogens with zero attached hydrogens (tertiary/aromatic N) is 2. The summed E-state index contributed by atoms with van der Waals surface area (Å²) < 4.78 is 0. The molecule has 6 heteroatoms. The molecule has 1 amide bonds. The number of Topliss-reactive ketones (excluding diaryl/α,β-unsaturated/α-hetero) is 1. The van der Waals surface area contributed by atoms with Crippen LogP contribution in [0.5, 0.6) is 0 Å². The summed E-state index contributed by atoms with van der Waals surface area (Å²) in [6, 6.07) is 17.0. The van der Waals surface area contributed by atoms with E-state index in [1.165, 1.54) is 6.92 Å². The summed E-state index contributed by atoms with van der Waals surface area (Å²) in [5, 5.41) is 4.37. The molecule has 2 heterocycles. The van der Waals surface area contributed by atoms with Crippen molar-refractivity contribution in [2.24, 2.45) is 5.92 Å². The van der Waals surface area contributed by atoms with Crippen molar-refractivity contribution in [2.45, 2.75) is 26.3 Å². The summed E-state index contributed by atoms with van der Waals surface area (Å²) in [5.41, 5.74) is 3.33. The van der Waals surface area contributed by atoms with Crippen molar-refractivity contribution in [1.82, 2.24) is 9.88 Å². The zero-order valence-corrected chi connectivity index (χ0v) is 17.7. The van der Waals surface area contributed by atoms with Gasteiger partial charge < -0.3 is 5.32 Å². The molecule has 1 unspecified atom stereocenters. The van der Waals surface area contributed by atoms with Crippen molar-refractivity contribution in [1.29, 1.82) is 0 Å². The molecule has 1 aliphatic rings. The molecule has 3 aromatic rings. The van der Waals surface area contributed by atoms with Crippen LogP contribution in [0.1, 0.15) is 35.8 Å². The highest BCUT2D eigenvalue weighted by Crippen LogP contribution is 2.24. The maximum absolute atomic E-state index is 12.9. The van der Waals surface area contributed by atoms with Crippen molar-refractivity contribution in [3.05, 3.63) is 70.9 Å². The van der Waals surface area contributed by atoms with Gasteiger partial charge in [0.25, 0.3) is 0 Å². The third kappa shape index (κ3) is 4.86. The number of hydrogen-bond donors (Lipinski definition) is 1. The van der Waals surface area contributed by atoms with Crippen LogP contribution in [0.4, 0.5) is 5.69 Å². The van der Waals surface area contributed by atoms with Gasteiger partial charge in [0.2, 0.25) is 5.91 Å². The molecular weight excluding hydrogens is 398 g/mol. The van der Waals surface area contributed by atoms with Gasteiger partial charge in [-0.1, -0.05) is 29.8 Å². The van der Waals surface area contributed by atoms with E-state index in [1.807, 2.05) is 42.5 Å². The molecule has 0 aliphatic carbocycles. The first-order valence-corrected chi connectivity index (χ1v) is 10.5. The highest BCUT2D eigenvalue weighted by molar-refractivity contribution is 6.31. The van der Waals surface area contributed by atoms with E-state index in [4.69, 9.17) is 16.6 Å². The number of piperidine rings is 1. The fraction of sp³-hybridized carbons (Fsp3) is 0.292. The van der Waals surface area contributed by atoms with Gasteiger partial charge >= 0.3 is 0 Å². The van der Waals surface area contributed by atoms with Crippen LogP contribution < -0.4 is 5.32 Å². The van der Waals surface area contributed by atoms with Crippen LogP contribution in [0.2, 0.25) is 5.02 Å². The molecule has 1 saturated heterocycles. The van der Waals surface area contributed by atoms with Gasteiger partial charge in [0.05, 0.1) is 11.2 Å². The smallest absolute Gasteiger partial charge is 0.221 e. The Hall–Kier alpha value is -2.76. The van der Waals surface area contributed by atoms with Gasteiger partial charge in [-0.15, -0.1) is 0 Å². The van der Waals surface area contributed by atoms with Gasteiger partial charge in [0.1, 0.15) is 0 Å². The van der Waals surface area contributed by atoms with Crippen LogP contribution in [-0.4, -0.2) is 34.7 Å². The Morgan fingerprint density at radius 2 is 2.03 bits per heavy atom. The average Bonchev–Trinajstić information content (AvgIpc) is 2.73. The fourth-order valence-corrected chi connectivity index (χ4v) is 4.25. The van der Waals surface area contributed by atoms with Gasteiger partial charge in [-0.3, -0.25) is 19.5 Å². The first-order chi connectivity index (χ1) is 14.5. The van der Waals surface area contributed by atoms with Gasteiger partial charge in [-0.25, -0.2) is 0 Å². The Morgan fingerprint density at radius 3 is 2.83 bits per heavy atom. The van der Waals surface area contributed by atoms with Crippen molar-refractivity contribution in [3.8, 4) is 0 Å². The molecule has 0 saturated carbocycles. The van der Waals surface area contributed by atoms with Gasteiger partial charge in [-0.05, 0) is 55.8 Å². The third-order valence-electron chi connectivity index (χ3n) is 5.44. The molecule has 1 aromatic heterocycles. The van der Waals surface area contributed by atoms with E-state index in [0.717, 1.165) is 48.2 Å². The van der Waals surface area contributed by atoms with Gasteiger partial charge in [0.15, 0.2) is 5.78 Å². The first kappa shape index (κ1) is 20.5. The summed E-state index contributed by atoms with van der Waals surface area (Å²) in [5.74, 6) is 0.0583. The predicted octanol–water partition coefficient (Wildman–Crippen LogP) is 4.94. The molecule has 1 fully saturated rings. The zero-order valence-electron chi connectivity index (χ0n) is 16.9. The predicted molar refractivity (Wildman–Crippen MR) is 120 cm³/mol. The number of fused-ring (bicyclic) bond motifs is 1. The Labute approximate surface area is 181 Å². The number of carbonyl (C=O) groups excluding carboxylic acids is 2. The zero-order chi connectivity index (χ0) is 21.1. The SMILES string of the molecule is CC(=O)Nc1ccc2nc(CN3CCCC(C(=O)c4cccc(Cl)c4)C3)ccc2c1. The molecule has 4 rings (SSSR count). The maximum atomic E-state index is 12.9. The number of likely N-dealkylation sites (tertiary alicyclic amines) is 1. The number of anilines is 1. The molecule has 0 radical (unpaired) electrons. The number of pyridine rings is 1. The van der Waals surface area contributed by atoms with Crippen LogP contribution in [0.15, 0.2) is 54.6 Å². The molecule has 0 bridgehead atoms. The summed E-state index contributed by atoms with van der Waals surface area (Å²) in [6.45, 7) is 3.89. The number of aromatic nitrogens is 1. The molecule has 1 N–H and O–H groups in total. The second-order valence-electron chi connectivity index (χ2n) is 7.84. The van der Waals surface area contributed by atoms with E-state index in [9.17, 15) is 9.59 Å². The van der Waals surface area contributed by atoms with Crippen molar-refractivity contribution >= 4 is 39.9 Å². The molecular formula is C24H24ClN3O2. The van der Waals surface area contributed by atoms with Crippen molar-refractivity contribution in [2.75, 3.05) is 18.4 Å². The van der Waals surface area contributed by atoms with E-state index in [1.54, 1.807) is 12.1 Å². The highest BCUT2D eigenvalue weighted by atomic mass is 35.5. The van der Waals surface area contributed by atoms with Crippen molar-refractivity contribution in [3.63, 3.8) is 0 Å². The monoisotopic (exact) mass is 421 g/mol. The Bertz CT molecular complexity index is 1100. The molecule has 1 aliphatic heterocycles. The van der Waals surface area contributed by atoms with Crippen LogP contribution in [0.3, 0.4) is 0 Å². The molecule has 1 atom stereocenters. The third-order valence-corrected chi connectivity index (χ3v) is 5.67. The van der Waals surface area contributed by atoms with E-state index in [-0.39, 0.29) is 17.6 Å². The summed E-state index contributed by atoms with van der Waals surface area (Å²) in [6.07, 6.45) is 1.89.